The number of hydrogen-bond acceptors (Lipinski definition) is 3. The van der Waals surface area contributed by atoms with E-state index < -0.39 is 6.04 Å². The van der Waals surface area contributed by atoms with Crippen LogP contribution in [0.2, 0.25) is 5.02 Å². The molecule has 0 heterocycles. The van der Waals surface area contributed by atoms with Crippen molar-refractivity contribution in [3.05, 3.63) is 75.7 Å². The molecule has 0 bridgehead atoms. The fourth-order valence-corrected chi connectivity index (χ4v) is 4.35. The van der Waals surface area contributed by atoms with E-state index in [9.17, 15) is 9.59 Å². The molecule has 3 rings (SSSR count). The van der Waals surface area contributed by atoms with Crippen LogP contribution in [0.15, 0.2) is 65.1 Å². The number of carbonyl (C=O) groups excluding carboxylic acids is 2. The van der Waals surface area contributed by atoms with Gasteiger partial charge in [0.25, 0.3) is 5.91 Å². The van der Waals surface area contributed by atoms with Crippen molar-refractivity contribution >= 4 is 50.1 Å². The van der Waals surface area contributed by atoms with Crippen molar-refractivity contribution in [2.45, 2.75) is 39.3 Å². The average Bonchev–Trinajstić information content (AvgIpc) is 2.83. The smallest absolute Gasteiger partial charge is 0.261 e. The summed E-state index contributed by atoms with van der Waals surface area (Å²) in [6, 6.07) is 18.4. The fraction of sp³-hybridized carbons (Fsp3) is 0.308. The van der Waals surface area contributed by atoms with Crippen LogP contribution in [-0.4, -0.2) is 35.9 Å². The van der Waals surface area contributed by atoms with Crippen molar-refractivity contribution in [3.8, 4) is 5.75 Å². The van der Waals surface area contributed by atoms with Gasteiger partial charge in [0.15, 0.2) is 6.61 Å². The Morgan fingerprint density at radius 1 is 1.06 bits per heavy atom. The van der Waals surface area contributed by atoms with E-state index in [0.29, 0.717) is 23.7 Å². The van der Waals surface area contributed by atoms with Crippen molar-refractivity contribution in [1.82, 2.24) is 10.2 Å². The molecular formula is C26H28BrClN2O3. The van der Waals surface area contributed by atoms with E-state index in [4.69, 9.17) is 16.3 Å². The summed E-state index contributed by atoms with van der Waals surface area (Å²) in [4.78, 5) is 27.7. The first kappa shape index (κ1) is 25.1. The third-order valence-corrected chi connectivity index (χ3v) is 6.45. The second-order valence-corrected chi connectivity index (χ2v) is 8.98. The number of ether oxygens (including phenoxy) is 1. The first-order valence-corrected chi connectivity index (χ1v) is 12.2. The Morgan fingerprint density at radius 3 is 2.48 bits per heavy atom. The third-order valence-electron chi connectivity index (χ3n) is 5.38. The molecule has 7 heteroatoms. The number of hydrogen-bond donors (Lipinski definition) is 1. The Balaban J connectivity index is 1.81. The first-order valence-electron chi connectivity index (χ1n) is 11.1. The lowest BCUT2D eigenvalue weighted by molar-refractivity contribution is -0.143. The Morgan fingerprint density at radius 2 is 1.79 bits per heavy atom. The van der Waals surface area contributed by atoms with E-state index in [1.54, 1.807) is 17.0 Å². The summed E-state index contributed by atoms with van der Waals surface area (Å²) in [5, 5.41) is 5.61. The summed E-state index contributed by atoms with van der Waals surface area (Å²) in [5.74, 6) is 0.161. The van der Waals surface area contributed by atoms with Gasteiger partial charge >= 0.3 is 0 Å². The Hall–Kier alpha value is -2.57. The summed E-state index contributed by atoms with van der Waals surface area (Å²) in [7, 11) is 0. The maximum atomic E-state index is 13.3. The lowest BCUT2D eigenvalue weighted by Gasteiger charge is -2.30. The Labute approximate surface area is 208 Å². The van der Waals surface area contributed by atoms with Gasteiger partial charge in [-0.15, -0.1) is 0 Å². The lowest BCUT2D eigenvalue weighted by atomic mass is 10.1. The number of halogens is 2. The van der Waals surface area contributed by atoms with Crippen LogP contribution in [0.4, 0.5) is 0 Å². The van der Waals surface area contributed by atoms with Crippen LogP contribution >= 0.6 is 27.5 Å². The number of benzene rings is 3. The van der Waals surface area contributed by atoms with Crippen molar-refractivity contribution in [3.63, 3.8) is 0 Å². The lowest BCUT2D eigenvalue weighted by Crippen LogP contribution is -2.50. The standard InChI is InChI=1S/C26H28BrClN2O3/c1-3-15-29-26(32)22(4-2)30(16-18-9-12-20(28)13-10-18)24(31)17-33-23-14-11-19-7-5-6-8-21(19)25(23)27/h5-14,22H,3-4,15-17H2,1-2H3,(H,29,32)/t22-/m1/s1. The van der Waals surface area contributed by atoms with Gasteiger partial charge in [0, 0.05) is 18.1 Å². The quantitative estimate of drug-likeness (QED) is 0.351. The Kier molecular flexibility index (Phi) is 9.15. The molecule has 2 amide bonds. The number of nitrogens with zero attached hydrogens (tertiary/aromatic N) is 1. The zero-order chi connectivity index (χ0) is 23.8. The van der Waals surface area contributed by atoms with Crippen LogP contribution in [-0.2, 0) is 16.1 Å². The van der Waals surface area contributed by atoms with Crippen LogP contribution in [0.5, 0.6) is 5.75 Å². The van der Waals surface area contributed by atoms with Gasteiger partial charge in [-0.1, -0.05) is 67.9 Å². The predicted octanol–water partition coefficient (Wildman–Crippen LogP) is 5.97. The van der Waals surface area contributed by atoms with Gasteiger partial charge in [0.05, 0.1) is 4.47 Å². The normalized spacial score (nSPS) is 11.8. The zero-order valence-electron chi connectivity index (χ0n) is 18.8. The second-order valence-electron chi connectivity index (χ2n) is 7.75. The van der Waals surface area contributed by atoms with Gasteiger partial charge in [-0.25, -0.2) is 0 Å². The highest BCUT2D eigenvalue weighted by molar-refractivity contribution is 9.10. The van der Waals surface area contributed by atoms with Gasteiger partial charge in [0.2, 0.25) is 5.91 Å². The molecule has 0 aliphatic carbocycles. The Bertz CT molecular complexity index is 1100. The van der Waals surface area contributed by atoms with Crippen LogP contribution in [0.3, 0.4) is 0 Å². The van der Waals surface area contributed by atoms with E-state index in [0.717, 1.165) is 27.2 Å². The van der Waals surface area contributed by atoms with Crippen molar-refractivity contribution in [2.24, 2.45) is 0 Å². The van der Waals surface area contributed by atoms with E-state index in [2.05, 4.69) is 21.2 Å². The maximum absolute atomic E-state index is 13.3. The largest absolute Gasteiger partial charge is 0.483 e. The summed E-state index contributed by atoms with van der Waals surface area (Å²) in [6.07, 6.45) is 1.32. The van der Waals surface area contributed by atoms with Gasteiger partial charge in [-0.05, 0) is 63.3 Å². The minimum absolute atomic E-state index is 0.159. The van der Waals surface area contributed by atoms with Gasteiger partial charge in [0.1, 0.15) is 11.8 Å². The zero-order valence-corrected chi connectivity index (χ0v) is 21.2. The van der Waals surface area contributed by atoms with Crippen LogP contribution in [0, 0.1) is 0 Å². The van der Waals surface area contributed by atoms with Gasteiger partial charge < -0.3 is 15.0 Å². The number of fused-ring (bicyclic) bond motifs is 1. The van der Waals surface area contributed by atoms with Gasteiger partial charge in [-0.2, -0.15) is 0 Å². The monoisotopic (exact) mass is 530 g/mol. The summed E-state index contributed by atoms with van der Waals surface area (Å²) in [6.45, 7) is 4.57. The van der Waals surface area contributed by atoms with Crippen LogP contribution in [0.1, 0.15) is 32.3 Å². The van der Waals surface area contributed by atoms with Crippen molar-refractivity contribution < 1.29 is 14.3 Å². The van der Waals surface area contributed by atoms with E-state index in [1.807, 2.05) is 62.4 Å². The maximum Gasteiger partial charge on any atom is 0.261 e. The highest BCUT2D eigenvalue weighted by Crippen LogP contribution is 2.33. The molecule has 0 saturated carbocycles. The molecule has 0 aromatic heterocycles. The first-order chi connectivity index (χ1) is 15.9. The molecule has 33 heavy (non-hydrogen) atoms. The van der Waals surface area contributed by atoms with Gasteiger partial charge in [-0.3, -0.25) is 9.59 Å². The molecule has 0 unspecified atom stereocenters. The van der Waals surface area contributed by atoms with E-state index >= 15 is 0 Å². The minimum atomic E-state index is -0.594. The van der Waals surface area contributed by atoms with Crippen LogP contribution in [0.25, 0.3) is 10.8 Å². The number of carbonyl (C=O) groups is 2. The molecule has 0 saturated heterocycles. The molecule has 3 aromatic rings. The molecular weight excluding hydrogens is 504 g/mol. The molecule has 0 fully saturated rings. The molecule has 0 aliphatic heterocycles. The minimum Gasteiger partial charge on any atom is -0.483 e. The molecule has 0 radical (unpaired) electrons. The predicted molar refractivity (Wildman–Crippen MR) is 137 cm³/mol. The molecule has 0 aliphatic rings. The average molecular weight is 532 g/mol. The molecule has 1 atom stereocenters. The summed E-state index contributed by atoms with van der Waals surface area (Å²) < 4.78 is 6.71. The van der Waals surface area contributed by atoms with E-state index in [-0.39, 0.29) is 25.0 Å². The molecule has 174 valence electrons. The van der Waals surface area contributed by atoms with Crippen molar-refractivity contribution in [2.75, 3.05) is 13.2 Å². The fourth-order valence-electron chi connectivity index (χ4n) is 3.62. The molecule has 1 N–H and O–H groups in total. The molecule has 5 nitrogen and oxygen atoms in total. The summed E-state index contributed by atoms with van der Waals surface area (Å²) in [5.41, 5.74) is 0.890. The highest BCUT2D eigenvalue weighted by Gasteiger charge is 2.29. The van der Waals surface area contributed by atoms with E-state index in [1.165, 1.54) is 0 Å². The van der Waals surface area contributed by atoms with Crippen molar-refractivity contribution in [1.29, 1.82) is 0 Å². The third kappa shape index (κ3) is 6.49. The number of amides is 2. The molecule has 3 aromatic carbocycles. The highest BCUT2D eigenvalue weighted by atomic mass is 79.9. The molecule has 0 spiro atoms. The topological polar surface area (TPSA) is 58.6 Å². The number of nitrogens with one attached hydrogen (secondary N) is 1. The number of rotatable bonds is 10. The SMILES string of the molecule is CCCNC(=O)[C@@H](CC)N(Cc1ccc(Cl)cc1)C(=O)COc1ccc2ccccc2c1Br. The van der Waals surface area contributed by atoms with Crippen LogP contribution < -0.4 is 10.1 Å². The second kappa shape index (κ2) is 12.1. The summed E-state index contributed by atoms with van der Waals surface area (Å²) >= 11 is 9.61.